The molecule has 0 atom stereocenters. The normalized spacial score (nSPS) is 17.7. The molecule has 9 heteroatoms. The topological polar surface area (TPSA) is 78.4 Å². The van der Waals surface area contributed by atoms with Crippen molar-refractivity contribution in [3.63, 3.8) is 0 Å². The van der Waals surface area contributed by atoms with Crippen molar-refractivity contribution in [1.82, 2.24) is 15.5 Å². The number of rotatable bonds is 4. The average Bonchev–Trinajstić information content (AvgIpc) is 2.66. The molecular weight excluding hydrogens is 497 g/mol. The number of carbonyl (C=O) groups is 1. The fourth-order valence-electron chi connectivity index (χ4n) is 3.27. The number of nitrogens with one attached hydrogen (secondary N) is 2. The molecule has 2 fully saturated rings. The Morgan fingerprint density at radius 3 is 2.40 bits per heavy atom. The number of hydrogen-bond acceptors (Lipinski definition) is 5. The van der Waals surface area contributed by atoms with Crippen molar-refractivity contribution in [3.8, 4) is 0 Å². The highest BCUT2D eigenvalue weighted by molar-refractivity contribution is 14.0. The van der Waals surface area contributed by atoms with E-state index in [1.54, 1.807) is 11.9 Å². The third-order valence-electron chi connectivity index (χ3n) is 4.87. The number of aliphatic imine (C=N–C) groups is 1. The number of anilines is 1. The molecule has 2 N–H and O–H groups in total. The molecule has 0 saturated carbocycles. The van der Waals surface area contributed by atoms with Gasteiger partial charge in [0.2, 0.25) is 0 Å². The van der Waals surface area contributed by atoms with Crippen LogP contribution in [0.1, 0.15) is 26.3 Å². The SMILES string of the molecule is CN=C(NCc1ccc(N2CCOCC2)cc1)NC1CN(C(=O)OC(C)(C)C)C1.I. The molecule has 2 saturated heterocycles. The summed E-state index contributed by atoms with van der Waals surface area (Å²) in [5, 5.41) is 6.69. The van der Waals surface area contributed by atoms with Crippen molar-refractivity contribution in [2.24, 2.45) is 4.99 Å². The molecule has 30 heavy (non-hydrogen) atoms. The van der Waals surface area contributed by atoms with Crippen LogP contribution < -0.4 is 15.5 Å². The predicted molar refractivity (Wildman–Crippen MR) is 130 cm³/mol. The van der Waals surface area contributed by atoms with Crippen molar-refractivity contribution >= 4 is 41.7 Å². The third-order valence-corrected chi connectivity index (χ3v) is 4.87. The first kappa shape index (κ1) is 24.5. The van der Waals surface area contributed by atoms with E-state index in [1.165, 1.54) is 11.3 Å². The summed E-state index contributed by atoms with van der Waals surface area (Å²) in [5.74, 6) is 0.732. The van der Waals surface area contributed by atoms with Gasteiger partial charge in [0.1, 0.15) is 5.60 Å². The van der Waals surface area contributed by atoms with Gasteiger partial charge in [0.05, 0.1) is 19.3 Å². The highest BCUT2D eigenvalue weighted by atomic mass is 127. The molecule has 2 heterocycles. The largest absolute Gasteiger partial charge is 0.444 e. The summed E-state index contributed by atoms with van der Waals surface area (Å²) in [4.78, 5) is 20.3. The third kappa shape index (κ3) is 7.19. The van der Waals surface area contributed by atoms with E-state index in [0.29, 0.717) is 19.6 Å². The number of guanidine groups is 1. The van der Waals surface area contributed by atoms with E-state index < -0.39 is 5.60 Å². The maximum atomic E-state index is 12.0. The molecule has 0 aromatic heterocycles. The Morgan fingerprint density at radius 1 is 1.20 bits per heavy atom. The first-order valence-electron chi connectivity index (χ1n) is 10.2. The lowest BCUT2D eigenvalue weighted by Gasteiger charge is -2.40. The van der Waals surface area contributed by atoms with Gasteiger partial charge in [-0.15, -0.1) is 24.0 Å². The van der Waals surface area contributed by atoms with Crippen LogP contribution in [0.4, 0.5) is 10.5 Å². The summed E-state index contributed by atoms with van der Waals surface area (Å²) in [7, 11) is 1.75. The van der Waals surface area contributed by atoms with E-state index in [-0.39, 0.29) is 36.1 Å². The minimum Gasteiger partial charge on any atom is -0.444 e. The first-order chi connectivity index (χ1) is 13.8. The lowest BCUT2D eigenvalue weighted by atomic mass is 10.1. The molecule has 168 valence electrons. The lowest BCUT2D eigenvalue weighted by molar-refractivity contribution is 0.00701. The summed E-state index contributed by atoms with van der Waals surface area (Å²) >= 11 is 0. The van der Waals surface area contributed by atoms with Crippen LogP contribution in [0.2, 0.25) is 0 Å². The van der Waals surface area contributed by atoms with Gasteiger partial charge in [-0.05, 0) is 38.5 Å². The highest BCUT2D eigenvalue weighted by Gasteiger charge is 2.34. The van der Waals surface area contributed by atoms with Gasteiger partial charge in [-0.1, -0.05) is 12.1 Å². The number of halogens is 1. The number of likely N-dealkylation sites (tertiary alicyclic amines) is 1. The van der Waals surface area contributed by atoms with E-state index in [9.17, 15) is 4.79 Å². The van der Waals surface area contributed by atoms with Crippen molar-refractivity contribution in [2.75, 3.05) is 51.3 Å². The second-order valence-electron chi connectivity index (χ2n) is 8.42. The van der Waals surface area contributed by atoms with Crippen molar-refractivity contribution < 1.29 is 14.3 Å². The van der Waals surface area contributed by atoms with E-state index in [1.807, 2.05) is 20.8 Å². The summed E-state index contributed by atoms with van der Waals surface area (Å²) in [6.07, 6.45) is -0.265. The second kappa shape index (κ2) is 11.0. The number of morpholine rings is 1. The predicted octanol–water partition coefficient (Wildman–Crippen LogP) is 2.43. The van der Waals surface area contributed by atoms with E-state index in [0.717, 1.165) is 32.3 Å². The van der Waals surface area contributed by atoms with Gasteiger partial charge in [-0.2, -0.15) is 0 Å². The Bertz CT molecular complexity index is 708. The van der Waals surface area contributed by atoms with E-state index in [2.05, 4.69) is 44.8 Å². The zero-order valence-corrected chi connectivity index (χ0v) is 20.6. The van der Waals surface area contributed by atoms with Crippen LogP contribution in [-0.4, -0.2) is 75.0 Å². The molecule has 2 aliphatic heterocycles. The summed E-state index contributed by atoms with van der Waals surface area (Å²) in [6.45, 7) is 11.0. The second-order valence-corrected chi connectivity index (χ2v) is 8.42. The molecule has 0 spiro atoms. The fourth-order valence-corrected chi connectivity index (χ4v) is 3.27. The van der Waals surface area contributed by atoms with E-state index in [4.69, 9.17) is 9.47 Å². The highest BCUT2D eigenvalue weighted by Crippen LogP contribution is 2.17. The Balaban J connectivity index is 0.00000320. The van der Waals surface area contributed by atoms with Crippen molar-refractivity contribution in [1.29, 1.82) is 0 Å². The molecule has 2 aliphatic rings. The summed E-state index contributed by atoms with van der Waals surface area (Å²) in [6, 6.07) is 8.77. The fraction of sp³-hybridized carbons (Fsp3) is 0.619. The number of hydrogen-bond donors (Lipinski definition) is 2. The summed E-state index contributed by atoms with van der Waals surface area (Å²) < 4.78 is 10.8. The van der Waals surface area contributed by atoms with Gasteiger partial charge < -0.3 is 29.9 Å². The van der Waals surface area contributed by atoms with Gasteiger partial charge in [0.25, 0.3) is 0 Å². The molecule has 0 radical (unpaired) electrons. The van der Waals surface area contributed by atoms with Gasteiger partial charge in [-0.3, -0.25) is 4.99 Å². The summed E-state index contributed by atoms with van der Waals surface area (Å²) in [5.41, 5.74) is 1.95. The molecular formula is C21H34IN5O3. The molecule has 1 aromatic carbocycles. The van der Waals surface area contributed by atoms with Crippen LogP contribution in [0.5, 0.6) is 0 Å². The minimum atomic E-state index is -0.468. The number of nitrogens with zero attached hydrogens (tertiary/aromatic N) is 3. The average molecular weight is 531 g/mol. The first-order valence-corrected chi connectivity index (χ1v) is 10.2. The maximum Gasteiger partial charge on any atom is 0.410 e. The maximum absolute atomic E-state index is 12.0. The van der Waals surface area contributed by atoms with Crippen LogP contribution in [-0.2, 0) is 16.0 Å². The molecule has 1 aromatic rings. The Morgan fingerprint density at radius 2 is 1.83 bits per heavy atom. The molecule has 1 amide bonds. The minimum absolute atomic E-state index is 0. The van der Waals surface area contributed by atoms with Crippen LogP contribution in [0.3, 0.4) is 0 Å². The molecule has 8 nitrogen and oxygen atoms in total. The Labute approximate surface area is 196 Å². The monoisotopic (exact) mass is 531 g/mol. The Hall–Kier alpha value is -1.75. The van der Waals surface area contributed by atoms with Crippen LogP contribution in [0, 0.1) is 0 Å². The number of benzene rings is 1. The van der Waals surface area contributed by atoms with Crippen LogP contribution in [0.25, 0.3) is 0 Å². The van der Waals surface area contributed by atoms with Crippen molar-refractivity contribution in [2.45, 2.75) is 39.0 Å². The number of carbonyl (C=O) groups excluding carboxylic acids is 1. The molecule has 0 unspecified atom stereocenters. The zero-order chi connectivity index (χ0) is 20.9. The van der Waals surface area contributed by atoms with Gasteiger partial charge >= 0.3 is 6.09 Å². The zero-order valence-electron chi connectivity index (χ0n) is 18.3. The molecule has 0 bridgehead atoms. The van der Waals surface area contributed by atoms with Gasteiger partial charge in [-0.25, -0.2) is 4.79 Å². The lowest BCUT2D eigenvalue weighted by Crippen LogP contribution is -2.63. The van der Waals surface area contributed by atoms with Crippen LogP contribution in [0.15, 0.2) is 29.3 Å². The quantitative estimate of drug-likeness (QED) is 0.353. The Kier molecular flexibility index (Phi) is 9.02. The van der Waals surface area contributed by atoms with Crippen molar-refractivity contribution in [3.05, 3.63) is 29.8 Å². The molecule has 0 aliphatic carbocycles. The molecule has 3 rings (SSSR count). The smallest absolute Gasteiger partial charge is 0.410 e. The van der Waals surface area contributed by atoms with E-state index >= 15 is 0 Å². The number of amides is 1. The van der Waals surface area contributed by atoms with Gasteiger partial charge in [0.15, 0.2) is 5.96 Å². The van der Waals surface area contributed by atoms with Gasteiger partial charge in [0, 0.05) is 45.5 Å². The standard InChI is InChI=1S/C21H33N5O3.HI/c1-21(2,3)29-20(27)26-14-17(15-26)24-19(22-4)23-13-16-5-7-18(8-6-16)25-9-11-28-12-10-25;/h5-8,17H,9-15H2,1-4H3,(H2,22,23,24);1H. The number of ether oxygens (including phenoxy) is 2. The van der Waals surface area contributed by atoms with Crippen LogP contribution >= 0.6 is 24.0 Å².